The van der Waals surface area contributed by atoms with Gasteiger partial charge in [0.25, 0.3) is 0 Å². The van der Waals surface area contributed by atoms with Crippen LogP contribution in [-0.2, 0) is 4.43 Å². The fourth-order valence-electron chi connectivity index (χ4n) is 1.20. The Balaban J connectivity index is 3.47. The fraction of sp³-hybridized carbons (Fsp3) is 0.600. The van der Waals surface area contributed by atoms with Crippen molar-refractivity contribution in [2.45, 2.75) is 25.8 Å². The highest BCUT2D eigenvalue weighted by molar-refractivity contribution is 6.24. The normalized spacial score (nSPS) is 11.2. The number of allylic oxidation sites excluding steroid dienone is 2. The van der Waals surface area contributed by atoms with Gasteiger partial charge in [-0.15, -0.1) is 13.2 Å². The lowest BCUT2D eigenvalue weighted by molar-refractivity contribution is 0.293. The van der Waals surface area contributed by atoms with Gasteiger partial charge in [-0.25, -0.2) is 0 Å². The van der Waals surface area contributed by atoms with Gasteiger partial charge in [0.2, 0.25) is 0 Å². The molecule has 0 rings (SSSR count). The van der Waals surface area contributed by atoms with Crippen molar-refractivity contribution < 1.29 is 4.43 Å². The molecule has 0 fully saturated rings. The van der Waals surface area contributed by atoms with Gasteiger partial charge in [-0.05, 0) is 25.2 Å². The van der Waals surface area contributed by atoms with Gasteiger partial charge >= 0.3 is 0 Å². The molecule has 0 aliphatic heterocycles. The van der Waals surface area contributed by atoms with Crippen LogP contribution in [0.2, 0.25) is 6.55 Å². The van der Waals surface area contributed by atoms with E-state index in [1.807, 2.05) is 12.2 Å². The molecule has 0 saturated carbocycles. The molecule has 0 unspecified atom stereocenters. The summed E-state index contributed by atoms with van der Waals surface area (Å²) in [5.74, 6) is 0.695. The second-order valence-electron chi connectivity index (χ2n) is 2.90. The van der Waals surface area contributed by atoms with Crippen LogP contribution in [0.1, 0.15) is 19.3 Å². The summed E-state index contributed by atoms with van der Waals surface area (Å²) in [4.78, 5) is 0. The van der Waals surface area contributed by atoms with Gasteiger partial charge in [0, 0.05) is 6.61 Å². The van der Waals surface area contributed by atoms with Crippen molar-refractivity contribution in [3.05, 3.63) is 25.3 Å². The lowest BCUT2D eigenvalue weighted by atomic mass is 9.98. The van der Waals surface area contributed by atoms with Crippen LogP contribution in [0, 0.1) is 5.92 Å². The number of hydrogen-bond acceptors (Lipinski definition) is 1. The average molecular weight is 184 g/mol. The third kappa shape index (κ3) is 6.37. The molecular weight excluding hydrogens is 164 g/mol. The van der Waals surface area contributed by atoms with Crippen molar-refractivity contribution in [1.82, 2.24) is 0 Å². The Morgan fingerprint density at radius 3 is 2.33 bits per heavy atom. The summed E-state index contributed by atoms with van der Waals surface area (Å²) < 4.78 is 5.43. The Labute approximate surface area is 78.5 Å². The minimum absolute atomic E-state index is 0.209. The monoisotopic (exact) mass is 184 g/mol. The van der Waals surface area contributed by atoms with E-state index in [1.54, 1.807) is 0 Å². The Morgan fingerprint density at radius 1 is 1.33 bits per heavy atom. The van der Waals surface area contributed by atoms with Crippen LogP contribution in [0.25, 0.3) is 0 Å². The molecule has 1 nitrogen and oxygen atoms in total. The van der Waals surface area contributed by atoms with E-state index in [4.69, 9.17) is 4.43 Å². The van der Waals surface area contributed by atoms with Gasteiger partial charge in [-0.2, -0.15) is 0 Å². The molecule has 0 aromatic heterocycles. The third-order valence-corrected chi connectivity index (χ3v) is 2.57. The Morgan fingerprint density at radius 2 is 1.92 bits per heavy atom. The van der Waals surface area contributed by atoms with Crippen LogP contribution in [0.5, 0.6) is 0 Å². The maximum absolute atomic E-state index is 5.43. The second-order valence-corrected chi connectivity index (χ2v) is 3.89. The van der Waals surface area contributed by atoms with E-state index in [1.165, 1.54) is 0 Å². The lowest BCUT2D eigenvalue weighted by Crippen LogP contribution is -2.04. The number of hydrogen-bond donors (Lipinski definition) is 0. The fourth-order valence-corrected chi connectivity index (χ4v) is 1.65. The van der Waals surface area contributed by atoms with Crippen molar-refractivity contribution in [2.75, 3.05) is 6.61 Å². The van der Waals surface area contributed by atoms with E-state index < -0.39 is 0 Å². The van der Waals surface area contributed by atoms with Gasteiger partial charge in [-0.1, -0.05) is 18.7 Å². The maximum Gasteiger partial charge on any atom is 0.158 e. The Hall–Kier alpha value is -0.343. The Kier molecular flexibility index (Phi) is 8.50. The Bertz CT molecular complexity index is 113. The highest BCUT2D eigenvalue weighted by atomic mass is 28.2. The highest BCUT2D eigenvalue weighted by Gasteiger charge is 2.03. The molecule has 0 N–H and O–H groups in total. The quantitative estimate of drug-likeness (QED) is 0.319. The van der Waals surface area contributed by atoms with Crippen LogP contribution in [0.15, 0.2) is 25.3 Å². The van der Waals surface area contributed by atoms with Crippen LogP contribution < -0.4 is 0 Å². The first-order chi connectivity index (χ1) is 5.85. The smallest absolute Gasteiger partial charge is 0.158 e. The minimum atomic E-state index is -0.209. The molecule has 0 saturated heterocycles. The minimum Gasteiger partial charge on any atom is -0.424 e. The van der Waals surface area contributed by atoms with Gasteiger partial charge in [0.1, 0.15) is 0 Å². The molecule has 2 heteroatoms. The zero-order valence-electron chi connectivity index (χ0n) is 8.09. The van der Waals surface area contributed by atoms with Gasteiger partial charge in [0.15, 0.2) is 9.76 Å². The molecule has 0 bridgehead atoms. The van der Waals surface area contributed by atoms with Crippen LogP contribution in [-0.4, -0.2) is 16.4 Å². The van der Waals surface area contributed by atoms with Crippen LogP contribution in [0.4, 0.5) is 0 Å². The molecule has 0 spiro atoms. The molecule has 0 aliphatic rings. The molecule has 0 aromatic carbocycles. The molecule has 0 radical (unpaired) electrons. The summed E-state index contributed by atoms with van der Waals surface area (Å²) in [6, 6.07) is 0. The summed E-state index contributed by atoms with van der Waals surface area (Å²) >= 11 is 0. The van der Waals surface area contributed by atoms with Gasteiger partial charge in [0.05, 0.1) is 0 Å². The van der Waals surface area contributed by atoms with Gasteiger partial charge < -0.3 is 4.43 Å². The third-order valence-electron chi connectivity index (χ3n) is 1.87. The molecule has 0 aliphatic carbocycles. The van der Waals surface area contributed by atoms with Gasteiger partial charge in [-0.3, -0.25) is 0 Å². The van der Waals surface area contributed by atoms with Crippen molar-refractivity contribution >= 4 is 9.76 Å². The summed E-state index contributed by atoms with van der Waals surface area (Å²) in [6.45, 7) is 10.6. The SMILES string of the molecule is C=CCC(CC=C)CCO[SiH2]C. The molecule has 0 aromatic rings. The summed E-state index contributed by atoms with van der Waals surface area (Å²) in [6.07, 6.45) is 7.29. The molecule has 12 heavy (non-hydrogen) atoms. The lowest BCUT2D eigenvalue weighted by Gasteiger charge is -2.12. The van der Waals surface area contributed by atoms with Crippen LogP contribution in [0.3, 0.4) is 0 Å². The zero-order chi connectivity index (χ0) is 9.23. The zero-order valence-corrected chi connectivity index (χ0v) is 9.50. The van der Waals surface area contributed by atoms with E-state index in [-0.39, 0.29) is 9.76 Å². The summed E-state index contributed by atoms with van der Waals surface area (Å²) in [7, 11) is -0.209. The highest BCUT2D eigenvalue weighted by Crippen LogP contribution is 2.14. The molecule has 0 atom stereocenters. The van der Waals surface area contributed by atoms with Crippen molar-refractivity contribution in [3.63, 3.8) is 0 Å². The summed E-state index contributed by atoms with van der Waals surface area (Å²) in [5.41, 5.74) is 0. The topological polar surface area (TPSA) is 9.23 Å². The van der Waals surface area contributed by atoms with E-state index >= 15 is 0 Å². The standard InChI is InChI=1S/C10H20OSi/c1-4-6-10(7-5-2)8-9-11-12-3/h4-5,10H,1-2,6-9,12H2,3H3. The molecular formula is C10H20OSi. The maximum atomic E-state index is 5.43. The molecule has 0 heterocycles. The first kappa shape index (κ1) is 11.7. The first-order valence-corrected chi connectivity index (χ1v) is 6.63. The van der Waals surface area contributed by atoms with Crippen molar-refractivity contribution in [1.29, 1.82) is 0 Å². The molecule has 70 valence electrons. The largest absolute Gasteiger partial charge is 0.424 e. The predicted octanol–water partition coefficient (Wildman–Crippen LogP) is 2.29. The summed E-state index contributed by atoms with van der Waals surface area (Å²) in [5, 5.41) is 0. The van der Waals surface area contributed by atoms with Crippen molar-refractivity contribution in [2.24, 2.45) is 5.92 Å². The van der Waals surface area contributed by atoms with Crippen LogP contribution >= 0.6 is 0 Å². The number of rotatable bonds is 8. The van der Waals surface area contributed by atoms with E-state index in [2.05, 4.69) is 19.7 Å². The second kappa shape index (κ2) is 8.75. The van der Waals surface area contributed by atoms with E-state index in [0.29, 0.717) is 5.92 Å². The first-order valence-electron chi connectivity index (χ1n) is 4.64. The molecule has 0 amide bonds. The van der Waals surface area contributed by atoms with E-state index in [9.17, 15) is 0 Å². The predicted molar refractivity (Wildman–Crippen MR) is 58.1 cm³/mol. The van der Waals surface area contributed by atoms with Crippen molar-refractivity contribution in [3.8, 4) is 0 Å². The average Bonchev–Trinajstić information content (AvgIpc) is 2.06. The van der Waals surface area contributed by atoms with E-state index in [0.717, 1.165) is 25.9 Å².